The summed E-state index contributed by atoms with van der Waals surface area (Å²) in [6, 6.07) is 9.40. The van der Waals surface area contributed by atoms with Gasteiger partial charge in [-0.25, -0.2) is 4.79 Å². The molecule has 2 N–H and O–H groups in total. The normalized spacial score (nSPS) is 12.9. The molecule has 7 nitrogen and oxygen atoms in total. The minimum atomic E-state index is -0.944. The van der Waals surface area contributed by atoms with Gasteiger partial charge < -0.3 is 20.3 Å². The van der Waals surface area contributed by atoms with Crippen LogP contribution in [0.4, 0.5) is 10.5 Å². The summed E-state index contributed by atoms with van der Waals surface area (Å²) in [6.07, 6.45) is 4.23. The van der Waals surface area contributed by atoms with Crippen LogP contribution < -0.4 is 10.6 Å². The molecule has 0 aliphatic carbocycles. The van der Waals surface area contributed by atoms with Crippen molar-refractivity contribution in [3.63, 3.8) is 0 Å². The van der Waals surface area contributed by atoms with Crippen molar-refractivity contribution in [3.8, 4) is 0 Å². The lowest BCUT2D eigenvalue weighted by Gasteiger charge is -2.36. The monoisotopic (exact) mass is 599 g/mol. The van der Waals surface area contributed by atoms with Crippen LogP contribution in [0.5, 0.6) is 0 Å². The lowest BCUT2D eigenvalue weighted by Crippen LogP contribution is -2.54. The summed E-state index contributed by atoms with van der Waals surface area (Å²) in [5.74, 6) is -0.939. The Labute approximate surface area is 257 Å². The van der Waals surface area contributed by atoms with Crippen LogP contribution in [0.3, 0.4) is 0 Å². The van der Waals surface area contributed by atoms with E-state index in [2.05, 4.69) is 17.6 Å². The molecule has 0 aliphatic rings. The van der Waals surface area contributed by atoms with Crippen LogP contribution in [-0.4, -0.2) is 41.0 Å². The summed E-state index contributed by atoms with van der Waals surface area (Å²) in [5, 5.41) is 6.25. The second-order valence-electron chi connectivity index (χ2n) is 12.4. The largest absolute Gasteiger partial charge is 0.444 e. The van der Waals surface area contributed by atoms with Gasteiger partial charge in [-0.05, 0) is 82.2 Å². The minimum Gasteiger partial charge on any atom is -0.444 e. The van der Waals surface area contributed by atoms with Gasteiger partial charge in [0.25, 0.3) is 5.91 Å². The van der Waals surface area contributed by atoms with Crippen molar-refractivity contribution in [2.75, 3.05) is 11.9 Å². The Morgan fingerprint density at radius 3 is 2.14 bits per heavy atom. The molecule has 0 bridgehead atoms. The number of amides is 3. The molecule has 2 unspecified atom stereocenters. The van der Waals surface area contributed by atoms with E-state index in [1.807, 2.05) is 65.0 Å². The van der Waals surface area contributed by atoms with Crippen LogP contribution in [0.25, 0.3) is 0 Å². The predicted octanol–water partition coefficient (Wildman–Crippen LogP) is 8.29. The summed E-state index contributed by atoms with van der Waals surface area (Å²) in [5.41, 5.74) is 3.29. The van der Waals surface area contributed by atoms with E-state index in [0.29, 0.717) is 17.3 Å². The van der Waals surface area contributed by atoms with Gasteiger partial charge in [-0.1, -0.05) is 88.4 Å². The number of rotatable bonds is 13. The number of carbonyl (C=O) groups is 3. The van der Waals surface area contributed by atoms with Crippen molar-refractivity contribution in [1.29, 1.82) is 0 Å². The van der Waals surface area contributed by atoms with Crippen LogP contribution in [0, 0.1) is 26.7 Å². The average Bonchev–Trinajstić information content (AvgIpc) is 2.89. The Morgan fingerprint density at radius 2 is 1.55 bits per heavy atom. The zero-order valence-corrected chi connectivity index (χ0v) is 27.7. The smallest absolute Gasteiger partial charge is 0.408 e. The highest BCUT2D eigenvalue weighted by molar-refractivity contribution is 6.34. The fraction of sp³-hybridized carbons (Fsp3) is 0.559. The van der Waals surface area contributed by atoms with E-state index < -0.39 is 23.8 Å². The van der Waals surface area contributed by atoms with E-state index in [1.54, 1.807) is 31.7 Å². The first-order valence-electron chi connectivity index (χ1n) is 15.1. The fourth-order valence-electron chi connectivity index (χ4n) is 4.88. The van der Waals surface area contributed by atoms with E-state index in [0.717, 1.165) is 54.4 Å². The second kappa shape index (κ2) is 16.0. The zero-order chi connectivity index (χ0) is 31.6. The Bertz CT molecular complexity index is 1200. The number of aryl methyl sites for hydroxylation is 2. The van der Waals surface area contributed by atoms with Crippen LogP contribution >= 0.6 is 11.6 Å². The Balaban J connectivity index is 2.62. The molecular weight excluding hydrogens is 550 g/mol. The molecule has 2 atom stereocenters. The molecule has 2 aromatic rings. The van der Waals surface area contributed by atoms with Crippen molar-refractivity contribution in [1.82, 2.24) is 10.2 Å². The van der Waals surface area contributed by atoms with Gasteiger partial charge in [-0.3, -0.25) is 9.59 Å². The number of benzene rings is 2. The van der Waals surface area contributed by atoms with Crippen molar-refractivity contribution >= 4 is 35.2 Å². The van der Waals surface area contributed by atoms with Gasteiger partial charge in [0.15, 0.2) is 0 Å². The van der Waals surface area contributed by atoms with Crippen molar-refractivity contribution in [3.05, 3.63) is 63.7 Å². The highest BCUT2D eigenvalue weighted by Crippen LogP contribution is 2.32. The van der Waals surface area contributed by atoms with Crippen molar-refractivity contribution in [2.24, 2.45) is 5.92 Å². The molecule has 0 fully saturated rings. The molecule has 0 saturated carbocycles. The number of carbonyl (C=O) groups excluding carboxylic acids is 3. The number of alkyl carbamates (subject to hydrolysis) is 1. The minimum absolute atomic E-state index is 0.249. The molecule has 0 aliphatic heterocycles. The lowest BCUT2D eigenvalue weighted by atomic mass is 9.93. The number of hydrogen-bond acceptors (Lipinski definition) is 4. The van der Waals surface area contributed by atoms with Crippen LogP contribution in [0.1, 0.15) is 102 Å². The summed E-state index contributed by atoms with van der Waals surface area (Å²) in [4.78, 5) is 43.2. The number of anilines is 1. The number of unbranched alkanes of at least 4 members (excludes halogenated alkanes) is 4. The first-order valence-corrected chi connectivity index (χ1v) is 15.5. The van der Waals surface area contributed by atoms with Crippen LogP contribution in [-0.2, 0) is 14.3 Å². The van der Waals surface area contributed by atoms with Gasteiger partial charge in [-0.2, -0.15) is 0 Å². The molecule has 2 rings (SSSR count). The van der Waals surface area contributed by atoms with Gasteiger partial charge in [0, 0.05) is 6.54 Å². The quantitative estimate of drug-likeness (QED) is 0.227. The summed E-state index contributed by atoms with van der Waals surface area (Å²) >= 11 is 6.50. The van der Waals surface area contributed by atoms with Gasteiger partial charge >= 0.3 is 6.09 Å². The van der Waals surface area contributed by atoms with Gasteiger partial charge in [0.05, 0.1) is 10.7 Å². The second-order valence-corrected chi connectivity index (χ2v) is 12.8. The lowest BCUT2D eigenvalue weighted by molar-refractivity contribution is -0.141. The third-order valence-corrected chi connectivity index (χ3v) is 7.68. The topological polar surface area (TPSA) is 87.7 Å². The molecule has 3 amide bonds. The molecule has 0 saturated heterocycles. The van der Waals surface area contributed by atoms with Crippen LogP contribution in [0.2, 0.25) is 5.02 Å². The maximum absolute atomic E-state index is 14.5. The highest BCUT2D eigenvalue weighted by atomic mass is 35.5. The molecule has 8 heteroatoms. The van der Waals surface area contributed by atoms with Crippen molar-refractivity contribution in [2.45, 2.75) is 112 Å². The maximum Gasteiger partial charge on any atom is 0.408 e. The van der Waals surface area contributed by atoms with Crippen LogP contribution in [0.15, 0.2) is 36.4 Å². The summed E-state index contributed by atoms with van der Waals surface area (Å²) < 4.78 is 5.49. The van der Waals surface area contributed by atoms with E-state index in [9.17, 15) is 14.4 Å². The Morgan fingerprint density at radius 1 is 0.929 bits per heavy atom. The Kier molecular flexibility index (Phi) is 13.4. The molecule has 232 valence electrons. The van der Waals surface area contributed by atoms with Crippen molar-refractivity contribution < 1.29 is 19.1 Å². The highest BCUT2D eigenvalue weighted by Gasteiger charge is 2.38. The summed E-state index contributed by atoms with van der Waals surface area (Å²) in [7, 11) is 0. The number of para-hydroxylation sites is 1. The molecule has 0 spiro atoms. The van der Waals surface area contributed by atoms with E-state index in [-0.39, 0.29) is 17.7 Å². The predicted molar refractivity (Wildman–Crippen MR) is 172 cm³/mol. The number of ether oxygens (including phenoxy) is 1. The number of nitrogens with zero attached hydrogens (tertiary/aromatic N) is 1. The molecule has 2 aromatic carbocycles. The first kappa shape index (κ1) is 35.1. The van der Waals surface area contributed by atoms with E-state index in [1.165, 1.54) is 0 Å². The van der Waals surface area contributed by atoms with E-state index in [4.69, 9.17) is 16.3 Å². The molecular formula is C34H50ClN3O4. The standard InChI is InChI=1S/C34H50ClN3O4/c1-10-11-12-13-14-21-38(32(40)28(22(2)3)37-33(41)42-34(7,8)9)30(26-19-15-17-23(4)25(26)6)31(39)36-29-24(5)18-16-20-27(29)35/h15-20,22,28,30H,10-14,21H2,1-9H3,(H,36,39)(H,37,41). The number of hydrogen-bond donors (Lipinski definition) is 2. The SMILES string of the molecule is CCCCCCCN(C(=O)C(NC(=O)OC(C)(C)C)C(C)C)C(C(=O)Nc1c(C)cccc1Cl)c1cccc(C)c1C. The van der Waals surface area contributed by atoms with Gasteiger partial charge in [0.1, 0.15) is 17.7 Å². The summed E-state index contributed by atoms with van der Waals surface area (Å²) in [6.45, 7) is 17.4. The molecule has 0 radical (unpaired) electrons. The molecule has 0 heterocycles. The van der Waals surface area contributed by atoms with Gasteiger partial charge in [-0.15, -0.1) is 0 Å². The third-order valence-electron chi connectivity index (χ3n) is 7.36. The third kappa shape index (κ3) is 10.0. The zero-order valence-electron chi connectivity index (χ0n) is 26.9. The number of halogens is 1. The molecule has 0 aromatic heterocycles. The van der Waals surface area contributed by atoms with E-state index >= 15 is 0 Å². The Hall–Kier alpha value is -3.06. The maximum atomic E-state index is 14.5. The molecule has 42 heavy (non-hydrogen) atoms. The van der Waals surface area contributed by atoms with Gasteiger partial charge in [0.2, 0.25) is 5.91 Å². The average molecular weight is 600 g/mol. The first-order chi connectivity index (χ1) is 19.7. The fourth-order valence-corrected chi connectivity index (χ4v) is 5.15. The number of nitrogens with one attached hydrogen (secondary N) is 2.